The van der Waals surface area contributed by atoms with E-state index in [1.165, 1.54) is 19.3 Å². The van der Waals surface area contributed by atoms with Crippen LogP contribution in [0.5, 0.6) is 11.5 Å². The zero-order chi connectivity index (χ0) is 26.5. The van der Waals surface area contributed by atoms with Gasteiger partial charge in [0, 0.05) is 52.1 Å². The smallest absolute Gasteiger partial charge is 0.219 e. The normalized spacial score (nSPS) is 20.1. The third-order valence-electron chi connectivity index (χ3n) is 8.81. The summed E-state index contributed by atoms with van der Waals surface area (Å²) in [6, 6.07) is 13.3. The Morgan fingerprint density at radius 2 is 1.74 bits per heavy atom. The Morgan fingerprint density at radius 3 is 2.47 bits per heavy atom. The van der Waals surface area contributed by atoms with Crippen molar-refractivity contribution in [1.29, 1.82) is 0 Å². The third-order valence-corrected chi connectivity index (χ3v) is 8.81. The largest absolute Gasteiger partial charge is 0.486 e. The molecule has 7 heteroatoms. The Morgan fingerprint density at radius 1 is 1.00 bits per heavy atom. The van der Waals surface area contributed by atoms with Gasteiger partial charge in [0.2, 0.25) is 5.91 Å². The number of amides is 1. The van der Waals surface area contributed by atoms with Gasteiger partial charge in [0.05, 0.1) is 5.69 Å². The summed E-state index contributed by atoms with van der Waals surface area (Å²) < 4.78 is 27.0. The van der Waals surface area contributed by atoms with Gasteiger partial charge in [-0.25, -0.2) is 4.39 Å². The molecule has 2 fully saturated rings. The molecule has 5 rings (SSSR count). The summed E-state index contributed by atoms with van der Waals surface area (Å²) in [5.74, 6) is 1.97. The minimum atomic E-state index is -0.156. The summed E-state index contributed by atoms with van der Waals surface area (Å²) in [7, 11) is 1.92. The molecule has 38 heavy (non-hydrogen) atoms. The number of anilines is 1. The molecule has 2 aromatic carbocycles. The molecule has 6 nitrogen and oxygen atoms in total. The highest BCUT2D eigenvalue weighted by Crippen LogP contribution is 2.41. The molecule has 2 aliphatic heterocycles. The first kappa shape index (κ1) is 26.8. The Balaban J connectivity index is 1.30. The van der Waals surface area contributed by atoms with E-state index in [0.29, 0.717) is 19.1 Å². The van der Waals surface area contributed by atoms with Crippen molar-refractivity contribution in [3.8, 4) is 11.5 Å². The number of ether oxygens (including phenoxy) is 2. The molecular formula is C31H42FN3O3. The van der Waals surface area contributed by atoms with E-state index >= 15 is 4.39 Å². The summed E-state index contributed by atoms with van der Waals surface area (Å²) in [5, 5.41) is 0. The topological polar surface area (TPSA) is 45.3 Å². The van der Waals surface area contributed by atoms with Gasteiger partial charge in [-0.15, -0.1) is 0 Å². The van der Waals surface area contributed by atoms with Crippen molar-refractivity contribution in [2.75, 3.05) is 57.9 Å². The zero-order valence-electron chi connectivity index (χ0n) is 22.9. The highest BCUT2D eigenvalue weighted by atomic mass is 19.1. The maximum atomic E-state index is 15.2. The molecule has 206 valence electrons. The molecule has 1 aliphatic carbocycles. The molecule has 3 aliphatic rings. The van der Waals surface area contributed by atoms with Crippen LogP contribution >= 0.6 is 0 Å². The standard InChI is InChI=1S/C31H42FN3O3/c1-23(36)33(2)30(24-9-4-3-5-10-24)26(25-11-6-7-12-27(25)32)15-16-34-17-19-35(20-18-34)28-13-8-14-29-31(28)38-22-21-37-29/h6-8,11-14,24,26,30H,3-5,9-10,15-22H2,1-2H3. The molecule has 1 amide bonds. The predicted molar refractivity (Wildman–Crippen MR) is 149 cm³/mol. The number of nitrogens with zero attached hydrogens (tertiary/aromatic N) is 3. The average Bonchev–Trinajstić information content (AvgIpc) is 2.96. The molecule has 0 N–H and O–H groups in total. The fraction of sp³-hybridized carbons (Fsp3) is 0.581. The van der Waals surface area contributed by atoms with E-state index in [1.54, 1.807) is 19.1 Å². The van der Waals surface area contributed by atoms with Gasteiger partial charge < -0.3 is 19.3 Å². The Kier molecular flexibility index (Phi) is 8.72. The number of rotatable bonds is 8. The van der Waals surface area contributed by atoms with Crippen molar-refractivity contribution in [2.24, 2.45) is 5.92 Å². The lowest BCUT2D eigenvalue weighted by Gasteiger charge is -2.43. The first-order valence-corrected chi connectivity index (χ1v) is 14.4. The SMILES string of the molecule is CC(=O)N(C)C(C1CCCCC1)C(CCN1CCN(c2cccc3c2OCCO3)CC1)c1ccccc1F. The first-order chi connectivity index (χ1) is 18.5. The van der Waals surface area contributed by atoms with Crippen molar-refractivity contribution in [1.82, 2.24) is 9.80 Å². The number of likely N-dealkylation sites (N-methyl/N-ethyl adjacent to an activating group) is 1. The van der Waals surface area contributed by atoms with Crippen LogP contribution in [0.15, 0.2) is 42.5 Å². The second kappa shape index (κ2) is 12.4. The quantitative estimate of drug-likeness (QED) is 0.469. The lowest BCUT2D eigenvalue weighted by molar-refractivity contribution is -0.131. The van der Waals surface area contributed by atoms with E-state index < -0.39 is 0 Å². The molecule has 0 radical (unpaired) electrons. The molecule has 2 atom stereocenters. The minimum absolute atomic E-state index is 0.0129. The van der Waals surface area contributed by atoms with Crippen LogP contribution in [-0.4, -0.2) is 74.7 Å². The maximum absolute atomic E-state index is 15.2. The van der Waals surface area contributed by atoms with Crippen molar-refractivity contribution in [3.63, 3.8) is 0 Å². The number of halogens is 1. The number of piperazine rings is 1. The second-order valence-corrected chi connectivity index (χ2v) is 11.1. The predicted octanol–water partition coefficient (Wildman–Crippen LogP) is 5.32. The number of hydrogen-bond acceptors (Lipinski definition) is 5. The van der Waals surface area contributed by atoms with Crippen molar-refractivity contribution in [2.45, 2.75) is 57.4 Å². The van der Waals surface area contributed by atoms with Gasteiger partial charge in [0.1, 0.15) is 19.0 Å². The maximum Gasteiger partial charge on any atom is 0.219 e. The highest BCUT2D eigenvalue weighted by molar-refractivity contribution is 5.73. The first-order valence-electron chi connectivity index (χ1n) is 14.4. The Hall–Kier alpha value is -2.80. The highest BCUT2D eigenvalue weighted by Gasteiger charge is 2.37. The molecule has 1 saturated carbocycles. The fourth-order valence-electron chi connectivity index (χ4n) is 6.73. The van der Waals surface area contributed by atoms with Crippen molar-refractivity contribution in [3.05, 3.63) is 53.8 Å². The van der Waals surface area contributed by atoms with Crippen LogP contribution in [0.2, 0.25) is 0 Å². The fourth-order valence-corrected chi connectivity index (χ4v) is 6.73. The van der Waals surface area contributed by atoms with Crippen molar-refractivity contribution < 1.29 is 18.7 Å². The average molecular weight is 524 g/mol. The number of benzene rings is 2. The van der Waals surface area contributed by atoms with Crippen LogP contribution < -0.4 is 14.4 Å². The minimum Gasteiger partial charge on any atom is -0.486 e. The van der Waals surface area contributed by atoms with Crippen molar-refractivity contribution >= 4 is 11.6 Å². The number of carbonyl (C=O) groups is 1. The van der Waals surface area contributed by atoms with Crippen LogP contribution in [0.25, 0.3) is 0 Å². The summed E-state index contributed by atoms with van der Waals surface area (Å²) in [6.07, 6.45) is 6.69. The summed E-state index contributed by atoms with van der Waals surface area (Å²) in [5.41, 5.74) is 1.86. The monoisotopic (exact) mass is 523 g/mol. The molecule has 2 heterocycles. The van der Waals surface area contributed by atoms with E-state index in [0.717, 1.165) is 74.7 Å². The molecule has 1 saturated heterocycles. The van der Waals surface area contributed by atoms with E-state index in [2.05, 4.69) is 15.9 Å². The van der Waals surface area contributed by atoms with E-state index in [1.807, 2.05) is 36.2 Å². The summed E-state index contributed by atoms with van der Waals surface area (Å²) >= 11 is 0. The van der Waals surface area contributed by atoms with Crippen LogP contribution in [-0.2, 0) is 4.79 Å². The zero-order valence-corrected chi connectivity index (χ0v) is 22.9. The van der Waals surface area contributed by atoms with Gasteiger partial charge >= 0.3 is 0 Å². The lowest BCUT2D eigenvalue weighted by Crippen LogP contribution is -2.49. The molecule has 2 aromatic rings. The molecule has 0 spiro atoms. The molecule has 0 aromatic heterocycles. The van der Waals surface area contributed by atoms with E-state index in [4.69, 9.17) is 9.47 Å². The van der Waals surface area contributed by atoms with Gasteiger partial charge in [-0.1, -0.05) is 43.5 Å². The molecule has 2 unspecified atom stereocenters. The lowest BCUT2D eigenvalue weighted by atomic mass is 9.74. The van der Waals surface area contributed by atoms with Gasteiger partial charge in [0.15, 0.2) is 11.5 Å². The number of carbonyl (C=O) groups excluding carboxylic acids is 1. The van der Waals surface area contributed by atoms with Gasteiger partial charge in [-0.05, 0) is 55.5 Å². The van der Waals surface area contributed by atoms with Crippen LogP contribution in [0.1, 0.15) is 56.9 Å². The van der Waals surface area contributed by atoms with E-state index in [9.17, 15) is 4.79 Å². The van der Waals surface area contributed by atoms with Gasteiger partial charge in [-0.3, -0.25) is 9.69 Å². The molecular weight excluding hydrogens is 481 g/mol. The van der Waals surface area contributed by atoms with Crippen LogP contribution in [0, 0.1) is 11.7 Å². The van der Waals surface area contributed by atoms with E-state index in [-0.39, 0.29) is 23.7 Å². The third kappa shape index (κ3) is 5.93. The van der Waals surface area contributed by atoms with Crippen LogP contribution in [0.4, 0.5) is 10.1 Å². The molecule has 0 bridgehead atoms. The number of para-hydroxylation sites is 1. The number of fused-ring (bicyclic) bond motifs is 1. The Labute approximate surface area is 226 Å². The van der Waals surface area contributed by atoms with Crippen LogP contribution in [0.3, 0.4) is 0 Å². The second-order valence-electron chi connectivity index (χ2n) is 11.1. The summed E-state index contributed by atoms with van der Waals surface area (Å²) in [4.78, 5) is 19.4. The Bertz CT molecular complexity index is 1080. The van der Waals surface area contributed by atoms with Gasteiger partial charge in [-0.2, -0.15) is 0 Å². The summed E-state index contributed by atoms with van der Waals surface area (Å²) in [6.45, 7) is 7.38. The number of hydrogen-bond donors (Lipinski definition) is 0. The van der Waals surface area contributed by atoms with Gasteiger partial charge in [0.25, 0.3) is 0 Å².